The minimum absolute atomic E-state index is 0.0284. The molecule has 3 heterocycles. The number of imidazole rings is 1. The minimum Gasteiger partial charge on any atom is -0.329 e. The number of carbonyl (C=O) groups excluding carboxylic acids is 3. The Balaban J connectivity index is 1.39. The van der Waals surface area contributed by atoms with E-state index in [9.17, 15) is 14.4 Å². The molecule has 1 aliphatic rings. The van der Waals surface area contributed by atoms with Crippen LogP contribution in [0.2, 0.25) is 0 Å². The average Bonchev–Trinajstić information content (AvgIpc) is 3.36. The van der Waals surface area contributed by atoms with E-state index in [0.29, 0.717) is 17.1 Å². The van der Waals surface area contributed by atoms with E-state index in [1.807, 2.05) is 0 Å². The Hall–Kier alpha value is -4.01. The molecule has 140 valence electrons. The summed E-state index contributed by atoms with van der Waals surface area (Å²) in [7, 11) is 0. The number of rotatable bonds is 5. The number of nitrogens with one attached hydrogen (secondary N) is 2. The smallest absolute Gasteiger partial charge is 0.324 e. The first-order valence-corrected chi connectivity index (χ1v) is 8.53. The molecule has 1 fully saturated rings. The number of hydrogen-bond donors (Lipinski definition) is 2. The molecule has 28 heavy (non-hydrogen) atoms. The normalized spacial score (nSPS) is 13.5. The van der Waals surface area contributed by atoms with Crippen molar-refractivity contribution in [2.45, 2.75) is 6.54 Å². The first-order chi connectivity index (χ1) is 13.6. The van der Waals surface area contributed by atoms with Crippen molar-refractivity contribution in [2.75, 3.05) is 11.9 Å². The summed E-state index contributed by atoms with van der Waals surface area (Å²) < 4.78 is 1.74. The SMILES string of the molecule is O=C(Nc1ccc(CN2C(=O)CNC2=O)cc1)c1ccc(-n2ccnc2)nc1. The van der Waals surface area contributed by atoms with Crippen molar-refractivity contribution in [2.24, 2.45) is 0 Å². The van der Waals surface area contributed by atoms with Crippen molar-refractivity contribution in [3.63, 3.8) is 0 Å². The molecule has 0 radical (unpaired) electrons. The highest BCUT2D eigenvalue weighted by molar-refractivity contribution is 6.04. The number of carbonyl (C=O) groups is 3. The van der Waals surface area contributed by atoms with Gasteiger partial charge in [-0.25, -0.2) is 14.8 Å². The molecule has 4 rings (SSSR count). The fourth-order valence-corrected chi connectivity index (χ4v) is 2.76. The van der Waals surface area contributed by atoms with E-state index in [2.05, 4.69) is 20.6 Å². The molecule has 1 saturated heterocycles. The molecule has 2 aromatic heterocycles. The van der Waals surface area contributed by atoms with Gasteiger partial charge in [0.15, 0.2) is 0 Å². The van der Waals surface area contributed by atoms with Gasteiger partial charge in [0.05, 0.1) is 18.7 Å². The van der Waals surface area contributed by atoms with Crippen LogP contribution in [0.15, 0.2) is 61.3 Å². The van der Waals surface area contributed by atoms with Crippen LogP contribution in [-0.4, -0.2) is 43.8 Å². The second-order valence-corrected chi connectivity index (χ2v) is 6.16. The molecular formula is C19H16N6O3. The van der Waals surface area contributed by atoms with Crippen LogP contribution in [0, 0.1) is 0 Å². The highest BCUT2D eigenvalue weighted by Crippen LogP contribution is 2.15. The van der Waals surface area contributed by atoms with Crippen molar-refractivity contribution < 1.29 is 14.4 Å². The zero-order valence-corrected chi connectivity index (χ0v) is 14.7. The molecule has 4 amide bonds. The molecule has 0 saturated carbocycles. The average molecular weight is 376 g/mol. The van der Waals surface area contributed by atoms with Crippen LogP contribution in [0.1, 0.15) is 15.9 Å². The van der Waals surface area contributed by atoms with Gasteiger partial charge in [0.25, 0.3) is 5.91 Å². The maximum atomic E-state index is 12.4. The molecule has 0 unspecified atom stereocenters. The Morgan fingerprint density at radius 3 is 2.57 bits per heavy atom. The van der Waals surface area contributed by atoms with Crippen molar-refractivity contribution in [1.82, 2.24) is 24.8 Å². The van der Waals surface area contributed by atoms with E-state index in [1.54, 1.807) is 59.7 Å². The summed E-state index contributed by atoms with van der Waals surface area (Å²) in [5.41, 5.74) is 1.81. The van der Waals surface area contributed by atoms with Gasteiger partial charge in [-0.3, -0.25) is 19.1 Å². The second-order valence-electron chi connectivity index (χ2n) is 6.16. The molecular weight excluding hydrogens is 360 g/mol. The van der Waals surface area contributed by atoms with Gasteiger partial charge in [-0.15, -0.1) is 0 Å². The van der Waals surface area contributed by atoms with Crippen LogP contribution in [0.25, 0.3) is 5.82 Å². The third-order valence-corrected chi connectivity index (χ3v) is 4.27. The number of imide groups is 1. The van der Waals surface area contributed by atoms with E-state index in [1.165, 1.54) is 6.20 Å². The molecule has 1 aromatic carbocycles. The maximum absolute atomic E-state index is 12.4. The predicted molar refractivity (Wildman–Crippen MR) is 99.7 cm³/mol. The van der Waals surface area contributed by atoms with E-state index in [0.717, 1.165) is 10.5 Å². The molecule has 9 heteroatoms. The number of anilines is 1. The number of nitrogens with zero attached hydrogens (tertiary/aromatic N) is 4. The van der Waals surface area contributed by atoms with E-state index in [-0.39, 0.29) is 24.9 Å². The summed E-state index contributed by atoms with van der Waals surface area (Å²) in [5.74, 6) is 0.124. The van der Waals surface area contributed by atoms with Crippen LogP contribution in [0.4, 0.5) is 10.5 Å². The van der Waals surface area contributed by atoms with Gasteiger partial charge in [-0.2, -0.15) is 0 Å². The zero-order valence-electron chi connectivity index (χ0n) is 14.7. The van der Waals surface area contributed by atoms with Gasteiger partial charge in [-0.05, 0) is 29.8 Å². The summed E-state index contributed by atoms with van der Waals surface area (Å²) in [6.07, 6.45) is 6.54. The number of hydrogen-bond acceptors (Lipinski definition) is 5. The zero-order chi connectivity index (χ0) is 19.5. The van der Waals surface area contributed by atoms with Crippen molar-refractivity contribution >= 4 is 23.5 Å². The van der Waals surface area contributed by atoms with E-state index >= 15 is 0 Å². The van der Waals surface area contributed by atoms with Crippen LogP contribution in [0.3, 0.4) is 0 Å². The quantitative estimate of drug-likeness (QED) is 0.657. The number of pyridine rings is 1. The summed E-state index contributed by atoms with van der Waals surface area (Å²) in [6, 6.07) is 9.98. The first kappa shape index (κ1) is 17.4. The predicted octanol–water partition coefficient (Wildman–Crippen LogP) is 1.57. The van der Waals surface area contributed by atoms with Crippen LogP contribution >= 0.6 is 0 Å². The van der Waals surface area contributed by atoms with Gasteiger partial charge in [0.1, 0.15) is 12.1 Å². The van der Waals surface area contributed by atoms with Gasteiger partial charge in [0, 0.05) is 24.3 Å². The van der Waals surface area contributed by atoms with Crippen molar-refractivity contribution in [3.8, 4) is 5.82 Å². The number of aromatic nitrogens is 3. The van der Waals surface area contributed by atoms with Crippen molar-refractivity contribution in [1.29, 1.82) is 0 Å². The molecule has 3 aromatic rings. The lowest BCUT2D eigenvalue weighted by atomic mass is 10.2. The Labute approximate surface area is 160 Å². The first-order valence-electron chi connectivity index (χ1n) is 8.53. The molecule has 0 spiro atoms. The van der Waals surface area contributed by atoms with E-state index in [4.69, 9.17) is 0 Å². The van der Waals surface area contributed by atoms with Crippen LogP contribution < -0.4 is 10.6 Å². The van der Waals surface area contributed by atoms with Gasteiger partial charge < -0.3 is 10.6 Å². The Bertz CT molecular complexity index is 997. The number of amides is 4. The third kappa shape index (κ3) is 3.58. The molecule has 0 atom stereocenters. The molecule has 2 N–H and O–H groups in total. The summed E-state index contributed by atoms with van der Waals surface area (Å²) in [4.78, 5) is 45.0. The number of urea groups is 1. The fourth-order valence-electron chi connectivity index (χ4n) is 2.76. The Morgan fingerprint density at radius 2 is 1.96 bits per heavy atom. The van der Waals surface area contributed by atoms with Crippen molar-refractivity contribution in [3.05, 3.63) is 72.4 Å². The minimum atomic E-state index is -0.394. The lowest BCUT2D eigenvalue weighted by Crippen LogP contribution is -2.30. The lowest BCUT2D eigenvalue weighted by molar-refractivity contribution is -0.125. The highest BCUT2D eigenvalue weighted by atomic mass is 16.2. The summed E-state index contributed by atoms with van der Waals surface area (Å²) in [5, 5.41) is 5.27. The number of benzene rings is 1. The van der Waals surface area contributed by atoms with E-state index < -0.39 is 6.03 Å². The fraction of sp³-hybridized carbons (Fsp3) is 0.105. The summed E-state index contributed by atoms with van der Waals surface area (Å²) >= 11 is 0. The topological polar surface area (TPSA) is 109 Å². The van der Waals surface area contributed by atoms with Gasteiger partial charge >= 0.3 is 6.03 Å². The van der Waals surface area contributed by atoms with Gasteiger partial charge in [0.2, 0.25) is 5.91 Å². The summed E-state index contributed by atoms with van der Waals surface area (Å²) in [6.45, 7) is 0.221. The Kier molecular flexibility index (Phi) is 4.55. The Morgan fingerprint density at radius 1 is 1.14 bits per heavy atom. The molecule has 9 nitrogen and oxygen atoms in total. The molecule has 0 bridgehead atoms. The lowest BCUT2D eigenvalue weighted by Gasteiger charge is -2.13. The second kappa shape index (κ2) is 7.31. The van der Waals surface area contributed by atoms with Crippen LogP contribution in [-0.2, 0) is 11.3 Å². The maximum Gasteiger partial charge on any atom is 0.324 e. The van der Waals surface area contributed by atoms with Crippen LogP contribution in [0.5, 0.6) is 0 Å². The monoisotopic (exact) mass is 376 g/mol. The molecule has 1 aliphatic heterocycles. The van der Waals surface area contributed by atoms with Gasteiger partial charge in [-0.1, -0.05) is 12.1 Å². The highest BCUT2D eigenvalue weighted by Gasteiger charge is 2.28. The molecule has 0 aliphatic carbocycles. The third-order valence-electron chi connectivity index (χ3n) is 4.27. The largest absolute Gasteiger partial charge is 0.329 e. The standard InChI is InChI=1S/C19H16N6O3/c26-17-10-22-19(28)25(17)11-13-1-4-15(5-2-13)23-18(27)14-3-6-16(21-9-14)24-8-7-20-12-24/h1-9,12H,10-11H2,(H,22,28)(H,23,27).